The summed E-state index contributed by atoms with van der Waals surface area (Å²) in [5, 5.41) is 11.5. The van der Waals surface area contributed by atoms with Gasteiger partial charge in [0.15, 0.2) is 0 Å². The lowest BCUT2D eigenvalue weighted by Crippen LogP contribution is -2.53. The van der Waals surface area contributed by atoms with Gasteiger partial charge in [0.25, 0.3) is 0 Å². The summed E-state index contributed by atoms with van der Waals surface area (Å²) in [6.45, 7) is 6.24. The van der Waals surface area contributed by atoms with Crippen LogP contribution >= 0.6 is 0 Å². The van der Waals surface area contributed by atoms with E-state index < -0.39 is 12.0 Å². The molecular formula is C16H22N2O3. The molecule has 0 aliphatic carbocycles. The van der Waals surface area contributed by atoms with Crippen molar-refractivity contribution in [1.29, 1.82) is 0 Å². The quantitative estimate of drug-likeness (QED) is 0.865. The largest absolute Gasteiger partial charge is 0.480 e. The minimum Gasteiger partial charge on any atom is -0.480 e. The van der Waals surface area contributed by atoms with Crippen LogP contribution in [0.25, 0.3) is 0 Å². The number of rotatable bonds is 5. The topological polar surface area (TPSA) is 69.6 Å². The van der Waals surface area contributed by atoms with E-state index >= 15 is 0 Å². The number of nitrogens with one attached hydrogen (secondary N) is 1. The molecule has 1 amide bonds. The first kappa shape index (κ1) is 15.4. The minimum absolute atomic E-state index is 0.0946. The first-order valence-electron chi connectivity index (χ1n) is 7.29. The molecule has 1 aromatic carbocycles. The molecule has 0 bridgehead atoms. The van der Waals surface area contributed by atoms with Crippen molar-refractivity contribution in [3.63, 3.8) is 0 Å². The normalized spacial score (nSPS) is 16.5. The van der Waals surface area contributed by atoms with Crippen molar-refractivity contribution in [3.8, 4) is 0 Å². The second-order valence-corrected chi connectivity index (χ2v) is 5.83. The second kappa shape index (κ2) is 6.16. The Labute approximate surface area is 125 Å². The molecule has 0 fully saturated rings. The molecule has 1 aromatic rings. The molecule has 2 atom stereocenters. The zero-order chi connectivity index (χ0) is 15.6. The molecule has 2 N–H and O–H groups in total. The highest BCUT2D eigenvalue weighted by atomic mass is 16.4. The number of benzene rings is 1. The molecule has 2 unspecified atom stereocenters. The minimum atomic E-state index is -1.02. The van der Waals surface area contributed by atoms with E-state index in [1.54, 1.807) is 0 Å². The predicted octanol–water partition coefficient (Wildman–Crippen LogP) is 1.66. The zero-order valence-corrected chi connectivity index (χ0v) is 12.7. The molecule has 0 aromatic heterocycles. The van der Waals surface area contributed by atoms with Crippen molar-refractivity contribution in [2.45, 2.75) is 39.3 Å². The van der Waals surface area contributed by atoms with Gasteiger partial charge in [0.2, 0.25) is 5.91 Å². The molecule has 0 spiro atoms. The Morgan fingerprint density at radius 2 is 1.90 bits per heavy atom. The van der Waals surface area contributed by atoms with Gasteiger partial charge in [-0.25, -0.2) is 0 Å². The summed E-state index contributed by atoms with van der Waals surface area (Å²) in [5.41, 5.74) is 2.32. The van der Waals surface area contributed by atoms with E-state index in [9.17, 15) is 9.59 Å². The van der Waals surface area contributed by atoms with Gasteiger partial charge in [-0.15, -0.1) is 0 Å². The molecular weight excluding hydrogens is 268 g/mol. The fourth-order valence-electron chi connectivity index (χ4n) is 2.82. The average molecular weight is 290 g/mol. The number of para-hydroxylation sites is 1. The van der Waals surface area contributed by atoms with E-state index in [0.29, 0.717) is 0 Å². The highest BCUT2D eigenvalue weighted by Gasteiger charge is 2.34. The highest BCUT2D eigenvalue weighted by molar-refractivity contribution is 5.89. The summed E-state index contributed by atoms with van der Waals surface area (Å²) in [6, 6.07) is 6.83. The lowest BCUT2D eigenvalue weighted by atomic mass is 10.0. The van der Waals surface area contributed by atoms with Crippen molar-refractivity contribution in [1.82, 2.24) is 5.32 Å². The van der Waals surface area contributed by atoms with E-state index in [0.717, 1.165) is 18.7 Å². The van der Waals surface area contributed by atoms with Crippen LogP contribution < -0.4 is 10.2 Å². The molecule has 1 aliphatic heterocycles. The number of nitrogens with zero attached hydrogens (tertiary/aromatic N) is 1. The van der Waals surface area contributed by atoms with E-state index in [1.807, 2.05) is 32.0 Å². The number of carboxylic acids is 1. The van der Waals surface area contributed by atoms with E-state index in [2.05, 4.69) is 16.3 Å². The summed E-state index contributed by atoms with van der Waals surface area (Å²) in [6.07, 6.45) is 0.918. The first-order chi connectivity index (χ1) is 9.91. The summed E-state index contributed by atoms with van der Waals surface area (Å²) in [5.74, 6) is -1.15. The molecule has 0 radical (unpaired) electrons. The number of aliphatic carboxylic acids is 1. The lowest BCUT2D eigenvalue weighted by Gasteiger charge is -2.32. The number of anilines is 1. The molecule has 1 heterocycles. The molecule has 5 heteroatoms. The van der Waals surface area contributed by atoms with Crippen molar-refractivity contribution in [3.05, 3.63) is 29.8 Å². The van der Waals surface area contributed by atoms with Gasteiger partial charge in [0.1, 0.15) is 12.1 Å². The molecule has 1 aliphatic rings. The molecule has 0 saturated heterocycles. The molecule has 21 heavy (non-hydrogen) atoms. The van der Waals surface area contributed by atoms with Gasteiger partial charge in [-0.05, 0) is 30.9 Å². The highest BCUT2D eigenvalue weighted by Crippen LogP contribution is 2.31. The van der Waals surface area contributed by atoms with Gasteiger partial charge in [0, 0.05) is 12.2 Å². The van der Waals surface area contributed by atoms with Crippen LogP contribution in [0.4, 0.5) is 5.69 Å². The van der Waals surface area contributed by atoms with Gasteiger partial charge in [-0.2, -0.15) is 0 Å². The number of carbonyl (C=O) groups excluding carboxylic acids is 1. The van der Waals surface area contributed by atoms with Crippen LogP contribution in [0.2, 0.25) is 0 Å². The predicted molar refractivity (Wildman–Crippen MR) is 81.4 cm³/mol. The molecule has 114 valence electrons. The number of hydrogen-bond acceptors (Lipinski definition) is 3. The van der Waals surface area contributed by atoms with Crippen LogP contribution in [-0.4, -0.2) is 35.6 Å². The van der Waals surface area contributed by atoms with Gasteiger partial charge in [0.05, 0.1) is 0 Å². The van der Waals surface area contributed by atoms with Crippen LogP contribution in [0, 0.1) is 5.92 Å². The maximum atomic E-state index is 12.5. The number of fused-ring (bicyclic) bond motifs is 1. The summed E-state index contributed by atoms with van der Waals surface area (Å²) in [7, 11) is 0. The Kier molecular flexibility index (Phi) is 4.50. The number of carboxylic acid groups (broad SMARTS) is 1. The monoisotopic (exact) mass is 290 g/mol. The second-order valence-electron chi connectivity index (χ2n) is 5.83. The Balaban J connectivity index is 2.21. The average Bonchev–Trinajstić information content (AvgIpc) is 2.82. The van der Waals surface area contributed by atoms with Crippen molar-refractivity contribution in [2.24, 2.45) is 5.92 Å². The Morgan fingerprint density at radius 1 is 1.24 bits per heavy atom. The third-order valence-electron chi connectivity index (χ3n) is 3.89. The van der Waals surface area contributed by atoms with Gasteiger partial charge in [-0.3, -0.25) is 9.59 Å². The summed E-state index contributed by atoms with van der Waals surface area (Å²) >= 11 is 0. The van der Waals surface area contributed by atoms with Gasteiger partial charge in [-0.1, -0.05) is 32.0 Å². The van der Waals surface area contributed by atoms with Crippen molar-refractivity contribution >= 4 is 17.6 Å². The summed E-state index contributed by atoms with van der Waals surface area (Å²) in [4.78, 5) is 25.5. The SMILES string of the molecule is CC(NC(=O)C(C(C)C)N1CCc2ccccc21)C(=O)O. The zero-order valence-electron chi connectivity index (χ0n) is 12.7. The van der Waals surface area contributed by atoms with Gasteiger partial charge >= 0.3 is 5.97 Å². The Morgan fingerprint density at radius 3 is 2.52 bits per heavy atom. The smallest absolute Gasteiger partial charge is 0.325 e. The maximum Gasteiger partial charge on any atom is 0.325 e. The molecule has 0 saturated carbocycles. The lowest BCUT2D eigenvalue weighted by molar-refractivity contribution is -0.141. The van der Waals surface area contributed by atoms with Gasteiger partial charge < -0.3 is 15.3 Å². The van der Waals surface area contributed by atoms with E-state index in [4.69, 9.17) is 5.11 Å². The maximum absolute atomic E-state index is 12.5. The third kappa shape index (κ3) is 3.17. The molecule has 2 rings (SSSR count). The Hall–Kier alpha value is -2.04. The van der Waals surface area contributed by atoms with Crippen LogP contribution in [0.5, 0.6) is 0 Å². The standard InChI is InChI=1S/C16H22N2O3/c1-10(2)14(15(19)17-11(3)16(20)21)18-9-8-12-6-4-5-7-13(12)18/h4-7,10-11,14H,8-9H2,1-3H3,(H,17,19)(H,20,21). The van der Waals surface area contributed by atoms with Crippen LogP contribution in [-0.2, 0) is 16.0 Å². The fraction of sp³-hybridized carbons (Fsp3) is 0.500. The van der Waals surface area contributed by atoms with Crippen molar-refractivity contribution < 1.29 is 14.7 Å². The van der Waals surface area contributed by atoms with Crippen molar-refractivity contribution in [2.75, 3.05) is 11.4 Å². The van der Waals surface area contributed by atoms with E-state index in [1.165, 1.54) is 12.5 Å². The van der Waals surface area contributed by atoms with Crippen LogP contribution in [0.15, 0.2) is 24.3 Å². The summed E-state index contributed by atoms with van der Waals surface area (Å²) < 4.78 is 0. The third-order valence-corrected chi connectivity index (χ3v) is 3.89. The molecule has 5 nitrogen and oxygen atoms in total. The number of hydrogen-bond donors (Lipinski definition) is 2. The van der Waals surface area contributed by atoms with Crippen LogP contribution in [0.1, 0.15) is 26.3 Å². The fourth-order valence-corrected chi connectivity index (χ4v) is 2.82. The number of amides is 1. The van der Waals surface area contributed by atoms with Crippen LogP contribution in [0.3, 0.4) is 0 Å². The first-order valence-corrected chi connectivity index (χ1v) is 7.29. The van der Waals surface area contributed by atoms with E-state index in [-0.39, 0.29) is 17.9 Å². The Bertz CT molecular complexity index is 542. The number of carbonyl (C=O) groups is 2.